The van der Waals surface area contributed by atoms with Gasteiger partial charge in [0, 0.05) is 31.0 Å². The van der Waals surface area contributed by atoms with Crippen LogP contribution >= 0.6 is 11.6 Å². The standard InChI is InChI=1S/C12H15ClN4/c1-2-5-17-12(10(13)8-16-17)6-9-7-15-4-3-11(9)14/h3-4,7-8H,2,5-6H2,1H3,(H2,14,15). The summed E-state index contributed by atoms with van der Waals surface area (Å²) in [5.74, 6) is 0. The van der Waals surface area contributed by atoms with E-state index in [2.05, 4.69) is 17.0 Å². The number of hydrogen-bond donors (Lipinski definition) is 1. The molecule has 0 aliphatic heterocycles. The first-order chi connectivity index (χ1) is 8.22. The van der Waals surface area contributed by atoms with E-state index in [1.807, 2.05) is 4.68 Å². The predicted molar refractivity (Wildman–Crippen MR) is 69.0 cm³/mol. The van der Waals surface area contributed by atoms with Gasteiger partial charge in [0.1, 0.15) is 0 Å². The van der Waals surface area contributed by atoms with Crippen LogP contribution in [0.2, 0.25) is 5.02 Å². The van der Waals surface area contributed by atoms with Crippen LogP contribution in [-0.4, -0.2) is 14.8 Å². The second kappa shape index (κ2) is 5.19. The number of halogens is 1. The summed E-state index contributed by atoms with van der Waals surface area (Å²) < 4.78 is 1.93. The van der Waals surface area contributed by atoms with Gasteiger partial charge in [0.25, 0.3) is 0 Å². The third-order valence-corrected chi connectivity index (χ3v) is 2.95. The second-order valence-electron chi connectivity index (χ2n) is 3.91. The van der Waals surface area contributed by atoms with E-state index in [9.17, 15) is 0 Å². The van der Waals surface area contributed by atoms with E-state index in [0.717, 1.165) is 29.9 Å². The molecular weight excluding hydrogens is 236 g/mol. The Kier molecular flexibility index (Phi) is 3.64. The Balaban J connectivity index is 2.29. The zero-order valence-corrected chi connectivity index (χ0v) is 10.5. The lowest BCUT2D eigenvalue weighted by Gasteiger charge is -2.08. The minimum Gasteiger partial charge on any atom is -0.398 e. The molecule has 2 N–H and O–H groups in total. The minimum atomic E-state index is 0.665. The lowest BCUT2D eigenvalue weighted by Crippen LogP contribution is -2.06. The summed E-state index contributed by atoms with van der Waals surface area (Å²) in [4.78, 5) is 4.08. The number of aromatic nitrogens is 3. The molecule has 0 spiro atoms. The molecule has 0 aromatic carbocycles. The molecule has 0 radical (unpaired) electrons. The van der Waals surface area contributed by atoms with E-state index >= 15 is 0 Å². The maximum Gasteiger partial charge on any atom is 0.0821 e. The Bertz CT molecular complexity index is 507. The van der Waals surface area contributed by atoms with Crippen molar-refractivity contribution in [1.82, 2.24) is 14.8 Å². The lowest BCUT2D eigenvalue weighted by molar-refractivity contribution is 0.580. The molecule has 0 aliphatic carbocycles. The molecule has 0 bridgehead atoms. The van der Waals surface area contributed by atoms with Crippen LogP contribution in [0.25, 0.3) is 0 Å². The number of nitrogen functional groups attached to an aromatic ring is 1. The molecule has 0 unspecified atom stereocenters. The van der Waals surface area contributed by atoms with Gasteiger partial charge in [-0.1, -0.05) is 18.5 Å². The van der Waals surface area contributed by atoms with Crippen LogP contribution in [0.5, 0.6) is 0 Å². The highest BCUT2D eigenvalue weighted by Crippen LogP contribution is 2.21. The molecule has 5 heteroatoms. The topological polar surface area (TPSA) is 56.7 Å². The van der Waals surface area contributed by atoms with E-state index in [-0.39, 0.29) is 0 Å². The molecule has 2 rings (SSSR count). The molecule has 0 saturated carbocycles. The normalized spacial score (nSPS) is 10.7. The van der Waals surface area contributed by atoms with Gasteiger partial charge in [0.15, 0.2) is 0 Å². The first-order valence-corrected chi connectivity index (χ1v) is 5.98. The first-order valence-electron chi connectivity index (χ1n) is 5.61. The molecule has 17 heavy (non-hydrogen) atoms. The van der Waals surface area contributed by atoms with Gasteiger partial charge in [-0.15, -0.1) is 0 Å². The molecule has 2 aromatic heterocycles. The second-order valence-corrected chi connectivity index (χ2v) is 4.32. The van der Waals surface area contributed by atoms with Crippen molar-refractivity contribution in [2.45, 2.75) is 26.3 Å². The van der Waals surface area contributed by atoms with E-state index in [1.54, 1.807) is 24.7 Å². The van der Waals surface area contributed by atoms with Crippen LogP contribution in [0.15, 0.2) is 24.7 Å². The number of rotatable bonds is 4. The molecular formula is C12H15ClN4. The van der Waals surface area contributed by atoms with Crippen molar-refractivity contribution in [3.63, 3.8) is 0 Å². The number of nitrogens with two attached hydrogens (primary N) is 1. The maximum atomic E-state index is 6.14. The number of nitrogens with zero attached hydrogens (tertiary/aromatic N) is 3. The van der Waals surface area contributed by atoms with Gasteiger partial charge in [-0.05, 0) is 18.1 Å². The summed E-state index contributed by atoms with van der Waals surface area (Å²) in [6.45, 7) is 2.97. The SMILES string of the molecule is CCCn1ncc(Cl)c1Cc1cnccc1N. The number of pyridine rings is 1. The smallest absolute Gasteiger partial charge is 0.0821 e. The van der Waals surface area contributed by atoms with Crippen molar-refractivity contribution in [3.05, 3.63) is 40.9 Å². The van der Waals surface area contributed by atoms with Crippen molar-refractivity contribution in [2.75, 3.05) is 5.73 Å². The molecule has 2 heterocycles. The van der Waals surface area contributed by atoms with Crippen LogP contribution < -0.4 is 5.73 Å². The van der Waals surface area contributed by atoms with Crippen molar-refractivity contribution in [1.29, 1.82) is 0 Å². The Morgan fingerprint density at radius 3 is 2.94 bits per heavy atom. The maximum absolute atomic E-state index is 6.14. The highest BCUT2D eigenvalue weighted by molar-refractivity contribution is 6.31. The van der Waals surface area contributed by atoms with Crippen molar-refractivity contribution < 1.29 is 0 Å². The summed E-state index contributed by atoms with van der Waals surface area (Å²) in [5, 5.41) is 4.94. The summed E-state index contributed by atoms with van der Waals surface area (Å²) in [5.41, 5.74) is 8.61. The number of anilines is 1. The van der Waals surface area contributed by atoms with Crippen molar-refractivity contribution in [3.8, 4) is 0 Å². The summed E-state index contributed by atoms with van der Waals surface area (Å²) in [6, 6.07) is 1.80. The third-order valence-electron chi connectivity index (χ3n) is 2.63. The van der Waals surface area contributed by atoms with Crippen molar-refractivity contribution in [2.24, 2.45) is 0 Å². The van der Waals surface area contributed by atoms with E-state index in [1.165, 1.54) is 0 Å². The van der Waals surface area contributed by atoms with Crippen LogP contribution in [0.1, 0.15) is 24.6 Å². The van der Waals surface area contributed by atoms with Crippen molar-refractivity contribution >= 4 is 17.3 Å². The summed E-state index contributed by atoms with van der Waals surface area (Å²) >= 11 is 6.14. The Morgan fingerprint density at radius 1 is 1.41 bits per heavy atom. The predicted octanol–water partition coefficient (Wildman–Crippen LogP) is 2.51. The molecule has 4 nitrogen and oxygen atoms in total. The van der Waals surface area contributed by atoms with Gasteiger partial charge in [0.05, 0.1) is 16.9 Å². The molecule has 90 valence electrons. The molecule has 0 fully saturated rings. The molecule has 0 amide bonds. The highest BCUT2D eigenvalue weighted by Gasteiger charge is 2.10. The van der Waals surface area contributed by atoms with Gasteiger partial charge in [-0.3, -0.25) is 9.67 Å². The number of hydrogen-bond acceptors (Lipinski definition) is 3. The average Bonchev–Trinajstić information content (AvgIpc) is 2.65. The molecule has 2 aromatic rings. The first kappa shape index (κ1) is 11.9. The molecule has 0 aliphatic rings. The largest absolute Gasteiger partial charge is 0.398 e. The van der Waals surface area contributed by atoms with Crippen LogP contribution in [0.3, 0.4) is 0 Å². The highest BCUT2D eigenvalue weighted by atomic mass is 35.5. The zero-order valence-electron chi connectivity index (χ0n) is 9.73. The van der Waals surface area contributed by atoms with E-state index in [4.69, 9.17) is 17.3 Å². The quantitative estimate of drug-likeness (QED) is 0.907. The van der Waals surface area contributed by atoms with Gasteiger partial charge in [-0.2, -0.15) is 5.10 Å². The van der Waals surface area contributed by atoms with Crippen LogP contribution in [0.4, 0.5) is 5.69 Å². The molecule has 0 saturated heterocycles. The Hall–Kier alpha value is -1.55. The fourth-order valence-electron chi connectivity index (χ4n) is 1.73. The number of aryl methyl sites for hydroxylation is 1. The van der Waals surface area contributed by atoms with Gasteiger partial charge < -0.3 is 5.73 Å². The summed E-state index contributed by atoms with van der Waals surface area (Å²) in [7, 11) is 0. The zero-order chi connectivity index (χ0) is 12.3. The average molecular weight is 251 g/mol. The van der Waals surface area contributed by atoms with E-state index < -0.39 is 0 Å². The fraction of sp³-hybridized carbons (Fsp3) is 0.333. The molecule has 0 atom stereocenters. The van der Waals surface area contributed by atoms with Gasteiger partial charge in [-0.25, -0.2) is 0 Å². The lowest BCUT2D eigenvalue weighted by atomic mass is 10.1. The minimum absolute atomic E-state index is 0.665. The monoisotopic (exact) mass is 250 g/mol. The summed E-state index contributed by atoms with van der Waals surface area (Å²) in [6.07, 6.45) is 6.82. The third kappa shape index (κ3) is 2.58. The van der Waals surface area contributed by atoms with Crippen LogP contribution in [0, 0.1) is 0 Å². The Labute approximate surface area is 105 Å². The van der Waals surface area contributed by atoms with Crippen LogP contribution in [-0.2, 0) is 13.0 Å². The Morgan fingerprint density at radius 2 is 2.24 bits per heavy atom. The van der Waals surface area contributed by atoms with Gasteiger partial charge >= 0.3 is 0 Å². The van der Waals surface area contributed by atoms with E-state index in [0.29, 0.717) is 11.4 Å². The van der Waals surface area contributed by atoms with Gasteiger partial charge in [0.2, 0.25) is 0 Å². The fourth-order valence-corrected chi connectivity index (χ4v) is 1.94.